The van der Waals surface area contributed by atoms with Gasteiger partial charge in [0.1, 0.15) is 0 Å². The van der Waals surface area contributed by atoms with E-state index in [1.54, 1.807) is 0 Å². The molecule has 0 bridgehead atoms. The van der Waals surface area contributed by atoms with Crippen LogP contribution in [0.3, 0.4) is 0 Å². The van der Waals surface area contributed by atoms with Crippen molar-refractivity contribution in [3.63, 3.8) is 0 Å². The molecule has 1 atom stereocenters. The molecule has 0 heterocycles. The maximum atomic E-state index is 11.8. The van der Waals surface area contributed by atoms with Crippen LogP contribution in [-0.4, -0.2) is 36.2 Å². The largest absolute Gasteiger partial charge is 0.396 e. The molecule has 4 heteroatoms. The van der Waals surface area contributed by atoms with Crippen molar-refractivity contribution >= 4 is 5.91 Å². The minimum atomic E-state index is 0.0520. The Balaban J connectivity index is 2.30. The van der Waals surface area contributed by atoms with Crippen LogP contribution in [0, 0.1) is 5.41 Å². The van der Waals surface area contributed by atoms with Gasteiger partial charge in [0.25, 0.3) is 0 Å². The highest BCUT2D eigenvalue weighted by molar-refractivity contribution is 5.78. The van der Waals surface area contributed by atoms with Gasteiger partial charge in [0.2, 0.25) is 5.91 Å². The molecule has 1 aliphatic rings. The molecule has 0 aromatic carbocycles. The predicted octanol–water partition coefficient (Wildman–Crippen LogP) is 1.43. The number of aliphatic hydroxyl groups excluding tert-OH is 1. The fraction of sp³-hybridized carbons (Fsp3) is 0.929. The fourth-order valence-electron chi connectivity index (χ4n) is 2.54. The lowest BCUT2D eigenvalue weighted by Crippen LogP contribution is -2.47. The highest BCUT2D eigenvalue weighted by Gasteiger charge is 2.24. The number of rotatable bonds is 6. The van der Waals surface area contributed by atoms with Gasteiger partial charge in [0, 0.05) is 18.7 Å². The Morgan fingerprint density at radius 1 is 1.33 bits per heavy atom. The maximum Gasteiger partial charge on any atom is 0.234 e. The first-order valence-corrected chi connectivity index (χ1v) is 7.07. The Morgan fingerprint density at radius 3 is 2.44 bits per heavy atom. The van der Waals surface area contributed by atoms with E-state index >= 15 is 0 Å². The van der Waals surface area contributed by atoms with Gasteiger partial charge in [0.15, 0.2) is 0 Å². The zero-order valence-corrected chi connectivity index (χ0v) is 12.0. The van der Waals surface area contributed by atoms with E-state index in [4.69, 9.17) is 5.11 Å². The van der Waals surface area contributed by atoms with Crippen LogP contribution in [0.1, 0.15) is 52.9 Å². The van der Waals surface area contributed by atoms with Gasteiger partial charge in [-0.2, -0.15) is 0 Å². The molecule has 1 saturated carbocycles. The number of aliphatic hydroxyl groups is 1. The number of carbonyl (C=O) groups is 1. The van der Waals surface area contributed by atoms with Gasteiger partial charge in [-0.1, -0.05) is 33.6 Å². The van der Waals surface area contributed by atoms with E-state index in [0.29, 0.717) is 19.0 Å². The number of hydrogen-bond donors (Lipinski definition) is 3. The minimum Gasteiger partial charge on any atom is -0.396 e. The summed E-state index contributed by atoms with van der Waals surface area (Å²) >= 11 is 0. The molecule has 1 amide bonds. The maximum absolute atomic E-state index is 11.8. The molecule has 1 fully saturated rings. The molecule has 106 valence electrons. The zero-order valence-electron chi connectivity index (χ0n) is 12.0. The van der Waals surface area contributed by atoms with Crippen molar-refractivity contribution in [1.29, 1.82) is 0 Å². The smallest absolute Gasteiger partial charge is 0.234 e. The van der Waals surface area contributed by atoms with E-state index in [9.17, 15) is 4.79 Å². The second-order valence-electron chi connectivity index (χ2n) is 6.36. The normalized spacial score (nSPS) is 18.9. The third kappa shape index (κ3) is 5.36. The molecule has 1 unspecified atom stereocenters. The molecule has 0 radical (unpaired) electrons. The Labute approximate surface area is 111 Å². The van der Waals surface area contributed by atoms with Crippen molar-refractivity contribution < 1.29 is 9.90 Å². The summed E-state index contributed by atoms with van der Waals surface area (Å²) < 4.78 is 0. The van der Waals surface area contributed by atoms with Crippen molar-refractivity contribution in [3.05, 3.63) is 0 Å². The average molecular weight is 256 g/mol. The quantitative estimate of drug-likeness (QED) is 0.674. The molecular weight excluding hydrogens is 228 g/mol. The second-order valence-corrected chi connectivity index (χ2v) is 6.36. The van der Waals surface area contributed by atoms with Gasteiger partial charge < -0.3 is 15.7 Å². The van der Waals surface area contributed by atoms with Gasteiger partial charge >= 0.3 is 0 Å². The van der Waals surface area contributed by atoms with Crippen molar-refractivity contribution in [2.24, 2.45) is 5.41 Å². The lowest BCUT2D eigenvalue weighted by Gasteiger charge is -2.31. The summed E-state index contributed by atoms with van der Waals surface area (Å²) in [7, 11) is 0. The summed E-state index contributed by atoms with van der Waals surface area (Å²) in [5, 5.41) is 15.4. The Kier molecular flexibility index (Phi) is 6.09. The summed E-state index contributed by atoms with van der Waals surface area (Å²) in [5.41, 5.74) is 0.0520. The van der Waals surface area contributed by atoms with Crippen LogP contribution in [0.15, 0.2) is 0 Å². The van der Waals surface area contributed by atoms with Gasteiger partial charge in [-0.15, -0.1) is 0 Å². The highest BCUT2D eigenvalue weighted by atomic mass is 16.3. The lowest BCUT2D eigenvalue weighted by atomic mass is 9.85. The first kappa shape index (κ1) is 15.4. The molecule has 0 spiro atoms. The van der Waals surface area contributed by atoms with Crippen LogP contribution in [0.5, 0.6) is 0 Å². The Bertz CT molecular complexity index is 255. The highest BCUT2D eigenvalue weighted by Crippen LogP contribution is 2.21. The average Bonchev–Trinajstić information content (AvgIpc) is 2.75. The van der Waals surface area contributed by atoms with Crippen LogP contribution >= 0.6 is 0 Å². The topological polar surface area (TPSA) is 61.4 Å². The predicted molar refractivity (Wildman–Crippen MR) is 73.3 cm³/mol. The van der Waals surface area contributed by atoms with E-state index in [-0.39, 0.29) is 24.0 Å². The van der Waals surface area contributed by atoms with Gasteiger partial charge in [0.05, 0.1) is 6.54 Å². The Morgan fingerprint density at radius 2 is 1.94 bits per heavy atom. The van der Waals surface area contributed by atoms with E-state index < -0.39 is 0 Å². The fourth-order valence-corrected chi connectivity index (χ4v) is 2.54. The number of nitrogens with one attached hydrogen (secondary N) is 2. The molecule has 1 aliphatic carbocycles. The first-order chi connectivity index (χ1) is 8.43. The summed E-state index contributed by atoms with van der Waals surface area (Å²) in [6.07, 6.45) is 5.37. The summed E-state index contributed by atoms with van der Waals surface area (Å²) in [4.78, 5) is 11.8. The molecule has 4 nitrogen and oxygen atoms in total. The molecule has 0 saturated heterocycles. The lowest BCUT2D eigenvalue weighted by molar-refractivity contribution is -0.121. The summed E-state index contributed by atoms with van der Waals surface area (Å²) in [5.74, 6) is 0.0779. The van der Waals surface area contributed by atoms with Crippen LogP contribution < -0.4 is 10.6 Å². The van der Waals surface area contributed by atoms with Crippen LogP contribution in [0.2, 0.25) is 0 Å². The molecule has 18 heavy (non-hydrogen) atoms. The third-order valence-corrected chi connectivity index (χ3v) is 3.69. The molecular formula is C14H28N2O2. The van der Waals surface area contributed by atoms with Crippen molar-refractivity contribution in [2.45, 2.75) is 65.0 Å². The van der Waals surface area contributed by atoms with Gasteiger partial charge in [-0.05, 0) is 24.7 Å². The number of carbonyl (C=O) groups excluding carboxylic acids is 1. The van der Waals surface area contributed by atoms with E-state index in [0.717, 1.165) is 12.8 Å². The Hall–Kier alpha value is -0.610. The third-order valence-electron chi connectivity index (χ3n) is 3.69. The number of amides is 1. The van der Waals surface area contributed by atoms with E-state index in [1.165, 1.54) is 12.8 Å². The zero-order chi connectivity index (χ0) is 13.6. The van der Waals surface area contributed by atoms with Crippen LogP contribution in [-0.2, 0) is 4.79 Å². The van der Waals surface area contributed by atoms with Crippen molar-refractivity contribution in [2.75, 3.05) is 13.2 Å². The molecule has 0 aliphatic heterocycles. The summed E-state index contributed by atoms with van der Waals surface area (Å²) in [6.45, 7) is 6.86. The van der Waals surface area contributed by atoms with Gasteiger partial charge in [-0.3, -0.25) is 4.79 Å². The molecule has 1 rings (SSSR count). The van der Waals surface area contributed by atoms with Crippen molar-refractivity contribution in [1.82, 2.24) is 10.6 Å². The SMILES string of the molecule is CC(C)(C)C(CCO)NCC(=O)NC1CCCC1. The van der Waals surface area contributed by atoms with Gasteiger partial charge in [-0.25, -0.2) is 0 Å². The van der Waals surface area contributed by atoms with Crippen LogP contribution in [0.25, 0.3) is 0 Å². The second kappa shape index (κ2) is 7.10. The van der Waals surface area contributed by atoms with E-state index in [2.05, 4.69) is 31.4 Å². The van der Waals surface area contributed by atoms with Crippen molar-refractivity contribution in [3.8, 4) is 0 Å². The molecule has 0 aromatic heterocycles. The minimum absolute atomic E-state index is 0.0520. The standard InChI is InChI=1S/C14H28N2O2/c1-14(2,3)12(8-9-17)15-10-13(18)16-11-6-4-5-7-11/h11-12,15,17H,4-10H2,1-3H3,(H,16,18). The molecule has 3 N–H and O–H groups in total. The van der Waals surface area contributed by atoms with E-state index in [1.807, 2.05) is 0 Å². The monoisotopic (exact) mass is 256 g/mol. The first-order valence-electron chi connectivity index (χ1n) is 7.07. The molecule has 0 aromatic rings. The number of hydrogen-bond acceptors (Lipinski definition) is 3. The summed E-state index contributed by atoms with van der Waals surface area (Å²) in [6, 6.07) is 0.544. The van der Waals surface area contributed by atoms with Crippen LogP contribution in [0.4, 0.5) is 0 Å².